The smallest absolute Gasteiger partial charge is 0.258 e. The lowest BCUT2D eigenvalue weighted by Gasteiger charge is -2.07. The lowest BCUT2D eigenvalue weighted by atomic mass is 10.1. The van der Waals surface area contributed by atoms with Gasteiger partial charge in [0.15, 0.2) is 5.82 Å². The molecule has 3 rings (SSSR count). The number of rotatable bonds is 3. The molecule has 0 unspecified atom stereocenters. The molecule has 0 aliphatic carbocycles. The van der Waals surface area contributed by atoms with Crippen molar-refractivity contribution in [2.45, 2.75) is 6.92 Å². The molecule has 0 fully saturated rings. The van der Waals surface area contributed by atoms with Crippen LogP contribution >= 0.6 is 0 Å². The second-order valence-corrected chi connectivity index (χ2v) is 4.80. The first-order chi connectivity index (χ1) is 10.6. The molecule has 110 valence electrons. The van der Waals surface area contributed by atoms with Crippen LogP contribution in [0, 0.1) is 22.9 Å². The molecule has 0 spiro atoms. The Hall–Kier alpha value is -3.02. The van der Waals surface area contributed by atoms with Crippen LogP contribution in [0.15, 0.2) is 54.6 Å². The highest BCUT2D eigenvalue weighted by Crippen LogP contribution is 2.28. The molecular weight excluding hydrogens is 285 g/mol. The summed E-state index contributed by atoms with van der Waals surface area (Å²) >= 11 is 0. The number of nitro benzene ring substituents is 1. The van der Waals surface area contributed by atoms with Crippen molar-refractivity contribution in [3.8, 4) is 16.9 Å². The fraction of sp³-hybridized carbons (Fsp3) is 0.0625. The highest BCUT2D eigenvalue weighted by atomic mass is 19.1. The number of aryl methyl sites for hydroxylation is 1. The molecule has 0 saturated carbocycles. The summed E-state index contributed by atoms with van der Waals surface area (Å²) < 4.78 is 15.9. The number of hydrogen-bond acceptors (Lipinski definition) is 3. The van der Waals surface area contributed by atoms with E-state index < -0.39 is 10.7 Å². The van der Waals surface area contributed by atoms with E-state index in [1.54, 1.807) is 31.2 Å². The third kappa shape index (κ3) is 2.35. The molecular formula is C16H12FN3O2. The van der Waals surface area contributed by atoms with Gasteiger partial charge in [0.1, 0.15) is 5.69 Å². The van der Waals surface area contributed by atoms with Gasteiger partial charge in [0.2, 0.25) is 0 Å². The zero-order valence-electron chi connectivity index (χ0n) is 11.7. The summed E-state index contributed by atoms with van der Waals surface area (Å²) in [6.45, 7) is 1.59. The molecule has 3 aromatic rings. The Labute approximate surface area is 125 Å². The van der Waals surface area contributed by atoms with Gasteiger partial charge in [-0.25, -0.2) is 9.07 Å². The molecule has 0 aliphatic heterocycles. The topological polar surface area (TPSA) is 61.0 Å². The van der Waals surface area contributed by atoms with E-state index in [0.29, 0.717) is 16.9 Å². The second-order valence-electron chi connectivity index (χ2n) is 4.80. The number of benzene rings is 2. The third-order valence-corrected chi connectivity index (χ3v) is 3.34. The average Bonchev–Trinajstić information content (AvgIpc) is 2.84. The van der Waals surface area contributed by atoms with E-state index in [4.69, 9.17) is 0 Å². The molecule has 0 radical (unpaired) electrons. The van der Waals surface area contributed by atoms with Crippen LogP contribution in [-0.2, 0) is 0 Å². The van der Waals surface area contributed by atoms with Crippen molar-refractivity contribution < 1.29 is 9.31 Å². The van der Waals surface area contributed by atoms with Gasteiger partial charge in [0, 0.05) is 17.7 Å². The summed E-state index contributed by atoms with van der Waals surface area (Å²) in [6, 6.07) is 14.9. The van der Waals surface area contributed by atoms with Gasteiger partial charge in [-0.1, -0.05) is 30.3 Å². The largest absolute Gasteiger partial charge is 0.269 e. The Morgan fingerprint density at radius 2 is 1.73 bits per heavy atom. The number of aromatic nitrogens is 2. The van der Waals surface area contributed by atoms with Crippen molar-refractivity contribution in [2.75, 3.05) is 0 Å². The van der Waals surface area contributed by atoms with Crippen molar-refractivity contribution >= 4 is 5.69 Å². The van der Waals surface area contributed by atoms with Crippen LogP contribution in [0.4, 0.5) is 10.1 Å². The van der Waals surface area contributed by atoms with Crippen molar-refractivity contribution in [1.82, 2.24) is 9.78 Å². The molecule has 0 N–H and O–H groups in total. The van der Waals surface area contributed by atoms with Gasteiger partial charge in [-0.3, -0.25) is 10.1 Å². The van der Waals surface area contributed by atoms with E-state index in [1.165, 1.54) is 16.8 Å². The average molecular weight is 297 g/mol. The Kier molecular flexibility index (Phi) is 3.42. The van der Waals surface area contributed by atoms with Gasteiger partial charge in [-0.15, -0.1) is 0 Å². The van der Waals surface area contributed by atoms with E-state index in [2.05, 4.69) is 5.10 Å². The van der Waals surface area contributed by atoms with Crippen LogP contribution in [0.1, 0.15) is 5.69 Å². The number of hydrogen-bond donors (Lipinski definition) is 0. The van der Waals surface area contributed by atoms with Gasteiger partial charge < -0.3 is 0 Å². The summed E-state index contributed by atoms with van der Waals surface area (Å²) in [6.07, 6.45) is 0. The first-order valence-electron chi connectivity index (χ1n) is 6.63. The zero-order chi connectivity index (χ0) is 15.7. The van der Waals surface area contributed by atoms with Crippen LogP contribution in [-0.4, -0.2) is 14.7 Å². The molecule has 0 bridgehead atoms. The minimum atomic E-state index is -0.475. The van der Waals surface area contributed by atoms with Crippen molar-refractivity contribution in [3.63, 3.8) is 0 Å². The van der Waals surface area contributed by atoms with Crippen molar-refractivity contribution in [1.29, 1.82) is 0 Å². The van der Waals surface area contributed by atoms with Gasteiger partial charge in [-0.2, -0.15) is 5.10 Å². The van der Waals surface area contributed by atoms with E-state index in [9.17, 15) is 14.5 Å². The highest BCUT2D eigenvalue weighted by Gasteiger charge is 2.18. The number of halogens is 1. The summed E-state index contributed by atoms with van der Waals surface area (Å²) in [5.74, 6) is -0.399. The molecule has 0 atom stereocenters. The monoisotopic (exact) mass is 297 g/mol. The first kappa shape index (κ1) is 13.9. The molecule has 22 heavy (non-hydrogen) atoms. The third-order valence-electron chi connectivity index (χ3n) is 3.34. The Morgan fingerprint density at radius 1 is 1.09 bits per heavy atom. The van der Waals surface area contributed by atoms with Gasteiger partial charge >= 0.3 is 0 Å². The fourth-order valence-electron chi connectivity index (χ4n) is 2.26. The second kappa shape index (κ2) is 5.40. The van der Waals surface area contributed by atoms with Gasteiger partial charge in [0.25, 0.3) is 5.69 Å². The predicted molar refractivity (Wildman–Crippen MR) is 80.3 cm³/mol. The summed E-state index contributed by atoms with van der Waals surface area (Å²) in [5.41, 5.74) is 1.86. The molecule has 1 aromatic heterocycles. The van der Waals surface area contributed by atoms with E-state index >= 15 is 0 Å². The number of non-ortho nitro benzene ring substituents is 1. The van der Waals surface area contributed by atoms with Crippen LogP contribution in [0.25, 0.3) is 16.9 Å². The van der Waals surface area contributed by atoms with Crippen LogP contribution in [0.3, 0.4) is 0 Å². The first-order valence-corrected chi connectivity index (χ1v) is 6.63. The Bertz CT molecular complexity index is 827. The lowest BCUT2D eigenvalue weighted by Crippen LogP contribution is -2.00. The van der Waals surface area contributed by atoms with Crippen molar-refractivity contribution in [3.05, 3.63) is 76.2 Å². The predicted octanol–water partition coefficient (Wildman–Crippen LogP) is 3.90. The molecule has 0 saturated heterocycles. The molecule has 5 nitrogen and oxygen atoms in total. The molecule has 0 amide bonds. The summed E-state index contributed by atoms with van der Waals surface area (Å²) in [4.78, 5) is 10.2. The summed E-state index contributed by atoms with van der Waals surface area (Å²) in [7, 11) is 0. The van der Waals surface area contributed by atoms with Gasteiger partial charge in [-0.05, 0) is 19.1 Å². The summed E-state index contributed by atoms with van der Waals surface area (Å²) in [5, 5.41) is 14.9. The standard InChI is InChI=1S/C16H12FN3O2/c1-11-15(17)16(12-5-3-2-4-6-12)19(18-11)13-7-9-14(10-8-13)20(21)22/h2-10H,1H3. The van der Waals surface area contributed by atoms with E-state index in [0.717, 1.165) is 0 Å². The quantitative estimate of drug-likeness (QED) is 0.544. The maximum Gasteiger partial charge on any atom is 0.269 e. The van der Waals surface area contributed by atoms with Crippen LogP contribution in [0.2, 0.25) is 0 Å². The Balaban J connectivity index is 2.15. The Morgan fingerprint density at radius 3 is 2.32 bits per heavy atom. The van der Waals surface area contributed by atoms with Gasteiger partial charge in [0.05, 0.1) is 16.3 Å². The maximum atomic E-state index is 14.4. The molecule has 1 heterocycles. The van der Waals surface area contributed by atoms with Crippen LogP contribution < -0.4 is 0 Å². The molecule has 6 heteroatoms. The minimum absolute atomic E-state index is 0.0191. The number of nitrogens with zero attached hydrogens (tertiary/aromatic N) is 3. The molecule has 0 aliphatic rings. The fourth-order valence-corrected chi connectivity index (χ4v) is 2.26. The van der Waals surface area contributed by atoms with Crippen LogP contribution in [0.5, 0.6) is 0 Å². The highest BCUT2D eigenvalue weighted by molar-refractivity contribution is 5.63. The minimum Gasteiger partial charge on any atom is -0.258 e. The normalized spacial score (nSPS) is 10.6. The zero-order valence-corrected chi connectivity index (χ0v) is 11.7. The van der Waals surface area contributed by atoms with E-state index in [1.807, 2.05) is 18.2 Å². The SMILES string of the molecule is Cc1nn(-c2ccc([N+](=O)[O-])cc2)c(-c2ccccc2)c1F. The maximum absolute atomic E-state index is 14.4. The number of nitro groups is 1. The lowest BCUT2D eigenvalue weighted by molar-refractivity contribution is -0.384. The van der Waals surface area contributed by atoms with E-state index in [-0.39, 0.29) is 11.4 Å². The van der Waals surface area contributed by atoms with Crippen molar-refractivity contribution in [2.24, 2.45) is 0 Å². The molecule has 2 aromatic carbocycles.